The van der Waals surface area contributed by atoms with Gasteiger partial charge in [-0.15, -0.1) is 0 Å². The molecule has 2 amide bonds. The Morgan fingerprint density at radius 2 is 1.96 bits per heavy atom. The summed E-state index contributed by atoms with van der Waals surface area (Å²) >= 11 is 0. The van der Waals surface area contributed by atoms with Crippen molar-refractivity contribution in [3.05, 3.63) is 58.7 Å². The zero-order valence-electron chi connectivity index (χ0n) is 15.7. The molecule has 1 aliphatic heterocycles. The van der Waals surface area contributed by atoms with Gasteiger partial charge in [0.05, 0.1) is 11.3 Å². The lowest BCUT2D eigenvalue weighted by Crippen LogP contribution is -2.59. The van der Waals surface area contributed by atoms with E-state index in [0.29, 0.717) is 17.7 Å². The number of hydrogen-bond donors (Lipinski definition) is 3. The molecular formula is C21H20N2O5. The van der Waals surface area contributed by atoms with E-state index in [-0.39, 0.29) is 22.7 Å². The number of benzene rings is 2. The van der Waals surface area contributed by atoms with Crippen molar-refractivity contribution in [2.24, 2.45) is 0 Å². The summed E-state index contributed by atoms with van der Waals surface area (Å²) in [4.78, 5) is 36.7. The summed E-state index contributed by atoms with van der Waals surface area (Å²) in [5.74, 6) is -2.60. The summed E-state index contributed by atoms with van der Waals surface area (Å²) < 4.78 is 5.95. The molecule has 2 unspecified atom stereocenters. The fourth-order valence-corrected chi connectivity index (χ4v) is 4.17. The van der Waals surface area contributed by atoms with Crippen molar-refractivity contribution in [3.8, 4) is 5.75 Å². The van der Waals surface area contributed by atoms with Gasteiger partial charge in [-0.3, -0.25) is 14.4 Å². The molecule has 4 rings (SSSR count). The van der Waals surface area contributed by atoms with Gasteiger partial charge in [0.1, 0.15) is 5.75 Å². The number of ketones is 1. The number of nitrogens with one attached hydrogen (secondary N) is 2. The topological polar surface area (TPSA) is 105 Å². The van der Waals surface area contributed by atoms with Gasteiger partial charge in [0.2, 0.25) is 23.6 Å². The van der Waals surface area contributed by atoms with Crippen LogP contribution in [-0.2, 0) is 20.9 Å². The van der Waals surface area contributed by atoms with Crippen LogP contribution in [0.2, 0.25) is 0 Å². The highest BCUT2D eigenvalue weighted by atomic mass is 16.6. The van der Waals surface area contributed by atoms with E-state index in [1.807, 2.05) is 19.9 Å². The number of Topliss-reactive ketones (excluding diaryl/α,β-unsaturated/α-hetero) is 1. The minimum absolute atomic E-state index is 0.115. The summed E-state index contributed by atoms with van der Waals surface area (Å²) in [6.07, 6.45) is 0.454. The summed E-state index contributed by atoms with van der Waals surface area (Å²) in [6.45, 7) is 5.32. The van der Waals surface area contributed by atoms with Crippen molar-refractivity contribution in [1.29, 1.82) is 0 Å². The Bertz CT molecular complexity index is 1030. The van der Waals surface area contributed by atoms with Crippen LogP contribution in [0.4, 0.5) is 5.69 Å². The van der Waals surface area contributed by atoms with E-state index >= 15 is 0 Å². The Morgan fingerprint density at radius 1 is 1.21 bits per heavy atom. The molecule has 2 aromatic carbocycles. The monoisotopic (exact) mass is 380 g/mol. The lowest BCUT2D eigenvalue weighted by atomic mass is 9.82. The van der Waals surface area contributed by atoms with Gasteiger partial charge in [0.15, 0.2) is 0 Å². The maximum atomic E-state index is 13.6. The molecule has 28 heavy (non-hydrogen) atoms. The number of anilines is 1. The molecule has 0 saturated carbocycles. The number of rotatable bonds is 4. The van der Waals surface area contributed by atoms with Crippen LogP contribution in [0.5, 0.6) is 5.75 Å². The first-order chi connectivity index (χ1) is 13.3. The third-order valence-electron chi connectivity index (χ3n) is 5.42. The van der Waals surface area contributed by atoms with Crippen LogP contribution in [0.15, 0.2) is 36.4 Å². The number of ether oxygens (including phenoxy) is 1. The molecular weight excluding hydrogens is 360 g/mol. The molecule has 3 N–H and O–H groups in total. The molecule has 0 saturated heterocycles. The average molecular weight is 380 g/mol. The first-order valence-electron chi connectivity index (χ1n) is 8.99. The van der Waals surface area contributed by atoms with Crippen LogP contribution in [0, 0.1) is 0 Å². The van der Waals surface area contributed by atoms with Crippen molar-refractivity contribution < 1.29 is 24.2 Å². The van der Waals surface area contributed by atoms with Gasteiger partial charge < -0.3 is 20.5 Å². The fraction of sp³-hybridized carbons (Fsp3) is 0.286. The second kappa shape index (κ2) is 5.90. The van der Waals surface area contributed by atoms with Gasteiger partial charge in [-0.2, -0.15) is 0 Å². The zero-order chi connectivity index (χ0) is 20.3. The van der Waals surface area contributed by atoms with E-state index in [0.717, 1.165) is 5.56 Å². The second-order valence-corrected chi connectivity index (χ2v) is 7.41. The summed E-state index contributed by atoms with van der Waals surface area (Å²) in [5, 5.41) is 16.8. The van der Waals surface area contributed by atoms with E-state index in [2.05, 4.69) is 10.6 Å². The number of carbonyl (C=O) groups is 3. The minimum atomic E-state index is -2.12. The molecule has 2 aliphatic rings. The lowest BCUT2D eigenvalue weighted by molar-refractivity contribution is -0.175. The SMILES string of the molecule is CC(=O)NC12C(=O)c3c(NC=O)cccc3C1(O)Oc1cc(C(C)C)ccc12. The van der Waals surface area contributed by atoms with Crippen LogP contribution in [0.25, 0.3) is 0 Å². The Balaban J connectivity index is 2.01. The third-order valence-corrected chi connectivity index (χ3v) is 5.42. The van der Waals surface area contributed by atoms with Crippen LogP contribution < -0.4 is 15.4 Å². The Labute approximate surface area is 161 Å². The summed E-state index contributed by atoms with van der Waals surface area (Å²) in [6, 6.07) is 10.0. The van der Waals surface area contributed by atoms with Gasteiger partial charge in [-0.05, 0) is 23.6 Å². The first kappa shape index (κ1) is 18.2. The highest BCUT2D eigenvalue weighted by Crippen LogP contribution is 2.59. The van der Waals surface area contributed by atoms with Crippen LogP contribution in [-0.4, -0.2) is 23.2 Å². The van der Waals surface area contributed by atoms with E-state index in [1.54, 1.807) is 30.3 Å². The number of fused-ring (bicyclic) bond motifs is 5. The molecule has 1 aliphatic carbocycles. The van der Waals surface area contributed by atoms with Gasteiger partial charge in [0, 0.05) is 18.1 Å². The maximum Gasteiger partial charge on any atom is 0.271 e. The van der Waals surface area contributed by atoms with Crippen molar-refractivity contribution in [1.82, 2.24) is 5.32 Å². The number of carbonyl (C=O) groups excluding carboxylic acids is 3. The average Bonchev–Trinajstić information content (AvgIpc) is 2.99. The molecule has 0 aromatic heterocycles. The van der Waals surface area contributed by atoms with Gasteiger partial charge in [-0.25, -0.2) is 0 Å². The quantitative estimate of drug-likeness (QED) is 0.705. The third kappa shape index (κ3) is 2.10. The van der Waals surface area contributed by atoms with Crippen molar-refractivity contribution in [2.75, 3.05) is 5.32 Å². The van der Waals surface area contributed by atoms with Crippen molar-refractivity contribution in [3.63, 3.8) is 0 Å². The van der Waals surface area contributed by atoms with Gasteiger partial charge in [-0.1, -0.05) is 38.1 Å². The number of hydrogen-bond acceptors (Lipinski definition) is 5. The van der Waals surface area contributed by atoms with E-state index in [4.69, 9.17) is 4.74 Å². The van der Waals surface area contributed by atoms with Crippen LogP contribution in [0.3, 0.4) is 0 Å². The predicted octanol–water partition coefficient (Wildman–Crippen LogP) is 2.14. The van der Waals surface area contributed by atoms with Crippen molar-refractivity contribution >= 4 is 23.8 Å². The fourth-order valence-electron chi connectivity index (χ4n) is 4.17. The molecule has 7 nitrogen and oxygen atoms in total. The van der Waals surface area contributed by atoms with Crippen LogP contribution in [0.1, 0.15) is 53.7 Å². The maximum absolute atomic E-state index is 13.6. The highest BCUT2D eigenvalue weighted by molar-refractivity contribution is 6.16. The van der Waals surface area contributed by atoms with Gasteiger partial charge >= 0.3 is 0 Å². The molecule has 1 heterocycles. The number of amides is 2. The summed E-state index contributed by atoms with van der Waals surface area (Å²) in [7, 11) is 0. The lowest BCUT2D eigenvalue weighted by Gasteiger charge is -2.34. The minimum Gasteiger partial charge on any atom is -0.454 e. The summed E-state index contributed by atoms with van der Waals surface area (Å²) in [5.41, 5.74) is 0.0863. The smallest absolute Gasteiger partial charge is 0.271 e. The van der Waals surface area contributed by atoms with Gasteiger partial charge in [0.25, 0.3) is 5.79 Å². The zero-order valence-corrected chi connectivity index (χ0v) is 15.7. The highest BCUT2D eigenvalue weighted by Gasteiger charge is 2.72. The molecule has 2 aromatic rings. The molecule has 2 atom stereocenters. The first-order valence-corrected chi connectivity index (χ1v) is 8.99. The Kier molecular flexibility index (Phi) is 3.83. The molecule has 0 fully saturated rings. The van der Waals surface area contributed by atoms with Crippen LogP contribution >= 0.6 is 0 Å². The van der Waals surface area contributed by atoms with Crippen molar-refractivity contribution in [2.45, 2.75) is 38.0 Å². The van der Waals surface area contributed by atoms with E-state index in [1.165, 1.54) is 6.92 Å². The normalized spacial score (nSPS) is 24.2. The standard InChI is InChI=1S/C21H20N2O5/c1-11(2)13-7-8-14-17(9-13)28-21(27)15-5-4-6-16(22-10-24)18(15)19(26)20(14,21)23-12(3)25/h4-11,27H,1-3H3,(H,22,24)(H,23,25). The molecule has 0 spiro atoms. The van der Waals surface area contributed by atoms with E-state index < -0.39 is 23.0 Å². The largest absolute Gasteiger partial charge is 0.454 e. The molecule has 7 heteroatoms. The molecule has 0 radical (unpaired) electrons. The van der Waals surface area contributed by atoms with E-state index in [9.17, 15) is 19.5 Å². The molecule has 0 bridgehead atoms. The second-order valence-electron chi connectivity index (χ2n) is 7.41. The Morgan fingerprint density at radius 3 is 2.61 bits per heavy atom. The predicted molar refractivity (Wildman–Crippen MR) is 101 cm³/mol. The number of aliphatic hydroxyl groups is 1. The molecule has 144 valence electrons. The Hall–Kier alpha value is -3.19.